The molecule has 0 radical (unpaired) electrons. The van der Waals surface area contributed by atoms with E-state index >= 15 is 0 Å². The van der Waals surface area contributed by atoms with Crippen LogP contribution in [0.4, 0.5) is 0 Å². The van der Waals surface area contributed by atoms with Gasteiger partial charge in [0.2, 0.25) is 29.5 Å². The molecule has 0 aliphatic carbocycles. The molecular formula is C78H135N7O22. The van der Waals surface area contributed by atoms with E-state index in [1.54, 1.807) is 13.1 Å². The van der Waals surface area contributed by atoms with E-state index in [0.717, 1.165) is 102 Å². The predicted molar refractivity (Wildman–Crippen MR) is 402 cm³/mol. The molecule has 1 aromatic rings. The van der Waals surface area contributed by atoms with Crippen LogP contribution in [0.3, 0.4) is 0 Å². The largest absolute Gasteiger partial charge is 0.481 e. The van der Waals surface area contributed by atoms with Gasteiger partial charge in [-0.25, -0.2) is 4.98 Å². The highest BCUT2D eigenvalue weighted by atomic mass is 16.5. The van der Waals surface area contributed by atoms with Gasteiger partial charge in [0.1, 0.15) is 43.8 Å². The van der Waals surface area contributed by atoms with Crippen LogP contribution in [-0.4, -0.2) is 229 Å². The molecule has 29 heteroatoms. The molecule has 5 amide bonds. The number of H-pyrrole nitrogens is 1. The Bertz CT molecular complexity index is 2530. The zero-order valence-corrected chi connectivity index (χ0v) is 64.9. The number of hydrogen-bond acceptors (Lipinski definition) is 21. The van der Waals surface area contributed by atoms with Gasteiger partial charge >= 0.3 is 11.9 Å². The lowest BCUT2D eigenvalue weighted by atomic mass is 9.83. The minimum Gasteiger partial charge on any atom is -0.481 e. The Hall–Kier alpha value is -6.47. The van der Waals surface area contributed by atoms with Gasteiger partial charge in [-0.05, 0) is 84.5 Å². The number of ketones is 5. The molecule has 0 spiro atoms. The average Bonchev–Trinajstić information content (AvgIpc) is 1.29. The van der Waals surface area contributed by atoms with Crippen LogP contribution in [-0.2, 0) is 102 Å². The SMILES string of the molecule is CC(=O)[C@H](CCCCNC(=O)COCCOCCNC(=O)COCCOCCCC(=O)CCCCCCCCCCCCC(=O)O)CC(=O)[C@H](CCCCNC(=O)COCCOCCCC(=O)COCCOCCNC(=O)CCCCCCCCCCCCC(=O)O)CC(=O)[C@H](C)NC(=O)CCc1cnc[nH]1. The smallest absolute Gasteiger partial charge is 0.303 e. The highest BCUT2D eigenvalue weighted by molar-refractivity contribution is 5.94. The van der Waals surface area contributed by atoms with E-state index in [1.807, 2.05) is 0 Å². The van der Waals surface area contributed by atoms with Gasteiger partial charge in [-0.2, -0.15) is 0 Å². The molecule has 1 heterocycles. The number of carboxylic acids is 2. The summed E-state index contributed by atoms with van der Waals surface area (Å²) in [4.78, 5) is 155. The second-order valence-electron chi connectivity index (χ2n) is 27.4. The maximum absolute atomic E-state index is 14.0. The molecule has 3 atom stereocenters. The Morgan fingerprint density at radius 1 is 0.364 bits per heavy atom. The first-order valence-electron chi connectivity index (χ1n) is 39.8. The number of carbonyl (C=O) groups excluding carboxylic acids is 10. The van der Waals surface area contributed by atoms with Gasteiger partial charge in [0.15, 0.2) is 11.6 Å². The van der Waals surface area contributed by atoms with Crippen LogP contribution >= 0.6 is 0 Å². The van der Waals surface area contributed by atoms with Gasteiger partial charge in [0.25, 0.3) is 0 Å². The Kier molecular flexibility index (Phi) is 65.5. The fraction of sp³-hybridized carbons (Fsp3) is 0.808. The zero-order valence-electron chi connectivity index (χ0n) is 64.9. The average molecular weight is 1520 g/mol. The Balaban J connectivity index is 2.23. The molecular weight excluding hydrogens is 1390 g/mol. The number of aromatic nitrogens is 2. The summed E-state index contributed by atoms with van der Waals surface area (Å²) < 4.78 is 43.7. The lowest BCUT2D eigenvalue weighted by molar-refractivity contribution is -0.138. The number of imidazole rings is 1. The third-order valence-corrected chi connectivity index (χ3v) is 17.8. The number of hydrogen-bond donors (Lipinski definition) is 8. The summed E-state index contributed by atoms with van der Waals surface area (Å²) in [5.74, 6) is -4.64. The number of aromatic amines is 1. The minimum atomic E-state index is -0.861. The Morgan fingerprint density at radius 3 is 1.19 bits per heavy atom. The first-order valence-corrected chi connectivity index (χ1v) is 39.8. The molecule has 0 unspecified atom stereocenters. The van der Waals surface area contributed by atoms with E-state index in [2.05, 4.69) is 36.6 Å². The van der Waals surface area contributed by atoms with E-state index in [0.29, 0.717) is 130 Å². The number of rotatable bonds is 81. The molecule has 614 valence electrons. The lowest BCUT2D eigenvalue weighted by Crippen LogP contribution is -2.40. The number of aliphatic carboxylic acids is 2. The van der Waals surface area contributed by atoms with Crippen LogP contribution in [0.1, 0.15) is 257 Å². The minimum absolute atomic E-state index is 0.00381. The third kappa shape index (κ3) is 66.3. The number of aryl methyl sites for hydroxylation is 1. The number of amides is 5. The molecule has 0 aromatic carbocycles. The van der Waals surface area contributed by atoms with E-state index in [1.165, 1.54) is 45.4 Å². The highest BCUT2D eigenvalue weighted by Gasteiger charge is 2.29. The Morgan fingerprint density at radius 2 is 0.738 bits per heavy atom. The monoisotopic (exact) mass is 1520 g/mol. The van der Waals surface area contributed by atoms with Gasteiger partial charge in [-0.1, -0.05) is 116 Å². The molecule has 8 N–H and O–H groups in total. The van der Waals surface area contributed by atoms with Crippen molar-refractivity contribution in [3.63, 3.8) is 0 Å². The summed E-state index contributed by atoms with van der Waals surface area (Å²) in [6, 6.07) is -0.861. The summed E-state index contributed by atoms with van der Waals surface area (Å²) in [5, 5.41) is 31.3. The van der Waals surface area contributed by atoms with E-state index < -0.39 is 29.8 Å². The molecule has 0 aliphatic rings. The maximum atomic E-state index is 14.0. The first-order chi connectivity index (χ1) is 51.9. The number of nitrogens with zero attached hydrogens (tertiary/aromatic N) is 1. The topological polar surface area (TPSA) is 408 Å². The number of Topliss-reactive ketones (excluding diaryl/α,β-unsaturated/α-hetero) is 5. The maximum Gasteiger partial charge on any atom is 0.303 e. The molecule has 0 bridgehead atoms. The summed E-state index contributed by atoms with van der Waals surface area (Å²) >= 11 is 0. The van der Waals surface area contributed by atoms with Crippen molar-refractivity contribution in [2.45, 2.75) is 264 Å². The molecule has 29 nitrogen and oxygen atoms in total. The van der Waals surface area contributed by atoms with Gasteiger partial charge in [-0.15, -0.1) is 0 Å². The fourth-order valence-corrected chi connectivity index (χ4v) is 11.5. The van der Waals surface area contributed by atoms with Gasteiger partial charge in [0.05, 0.1) is 78.4 Å². The van der Waals surface area contributed by atoms with Gasteiger partial charge in [0, 0.05) is 121 Å². The quantitative estimate of drug-likeness (QED) is 0.0282. The van der Waals surface area contributed by atoms with Crippen LogP contribution in [0.2, 0.25) is 0 Å². The third-order valence-electron chi connectivity index (χ3n) is 17.8. The number of carbonyl (C=O) groups is 12. The molecule has 1 aromatic heterocycles. The van der Waals surface area contributed by atoms with Crippen LogP contribution in [0.15, 0.2) is 12.5 Å². The Labute approximate surface area is 635 Å². The van der Waals surface area contributed by atoms with E-state index in [9.17, 15) is 57.5 Å². The molecule has 0 saturated carbocycles. The number of nitrogens with one attached hydrogen (secondary N) is 6. The second-order valence-corrected chi connectivity index (χ2v) is 27.4. The summed E-state index contributed by atoms with van der Waals surface area (Å²) in [7, 11) is 0. The number of unbranched alkanes of at least 4 members (excludes halogenated alkanes) is 20. The van der Waals surface area contributed by atoms with Crippen molar-refractivity contribution in [1.82, 2.24) is 36.6 Å². The van der Waals surface area contributed by atoms with Crippen molar-refractivity contribution in [3.8, 4) is 0 Å². The standard InChI is InChI=1S/C78H135N7O22/c1-63(85-73(92)38-37-67-57-79-62-84-67)70(89)56-66(30-24-26-40-81-74(93)59-105-52-48-101-44-28-33-69(88)58-104-51-49-102-45-41-82-72(91)34-20-16-12-8-4-6-10-14-18-22-36-78(98)99)71(90)55-65(64(2)86)29-23-25-39-80-75(94)60-107-54-50-103-46-42-83-76(95)61-106-53-47-100-43-27-32-68(87)31-19-15-11-7-3-5-9-13-17-21-35-77(96)97/h57,62-63,65-66H,3-56,58-61H2,1-2H3,(H,79,84)(H,80,94)(H,81,93)(H,82,91)(H,83,95)(H,85,92)(H,96,97)(H,98,99)/t63-,65+,66+/m0/s1. The van der Waals surface area contributed by atoms with Crippen molar-refractivity contribution < 1.29 is 106 Å². The zero-order chi connectivity index (χ0) is 78.3. The normalized spacial score (nSPS) is 12.1. The predicted octanol–water partition coefficient (Wildman–Crippen LogP) is 8.76. The van der Waals surface area contributed by atoms with Crippen LogP contribution in [0.25, 0.3) is 0 Å². The second kappa shape index (κ2) is 71.2. The van der Waals surface area contributed by atoms with E-state index in [-0.39, 0.29) is 176 Å². The lowest BCUT2D eigenvalue weighted by Gasteiger charge is -2.21. The molecule has 0 saturated heterocycles. The van der Waals surface area contributed by atoms with Crippen molar-refractivity contribution in [2.75, 3.05) is 132 Å². The summed E-state index contributed by atoms with van der Waals surface area (Å²) in [6.45, 7) is 6.92. The van der Waals surface area contributed by atoms with Crippen LogP contribution in [0, 0.1) is 11.8 Å². The first kappa shape index (κ1) is 98.5. The fourth-order valence-electron chi connectivity index (χ4n) is 11.5. The van der Waals surface area contributed by atoms with Crippen molar-refractivity contribution in [1.29, 1.82) is 0 Å². The highest BCUT2D eigenvalue weighted by Crippen LogP contribution is 2.24. The molecule has 1 rings (SSSR count). The summed E-state index contributed by atoms with van der Waals surface area (Å²) in [5.41, 5.74) is 0.772. The van der Waals surface area contributed by atoms with Crippen LogP contribution in [0.5, 0.6) is 0 Å². The van der Waals surface area contributed by atoms with Gasteiger partial charge < -0.3 is 79.7 Å². The van der Waals surface area contributed by atoms with Crippen molar-refractivity contribution in [2.24, 2.45) is 11.8 Å². The number of carboxylic acid groups (broad SMARTS) is 2. The van der Waals surface area contributed by atoms with Crippen LogP contribution < -0.4 is 26.6 Å². The van der Waals surface area contributed by atoms with Crippen molar-refractivity contribution >= 4 is 70.4 Å². The van der Waals surface area contributed by atoms with Crippen molar-refractivity contribution in [3.05, 3.63) is 18.2 Å². The van der Waals surface area contributed by atoms with Gasteiger partial charge in [-0.3, -0.25) is 57.5 Å². The molecule has 0 fully saturated rings. The molecule has 0 aliphatic heterocycles. The number of ether oxygens (including phenoxy) is 8. The van der Waals surface area contributed by atoms with E-state index in [4.69, 9.17) is 48.1 Å². The summed E-state index contributed by atoms with van der Waals surface area (Å²) in [6.07, 6.45) is 30.7. The molecule has 107 heavy (non-hydrogen) atoms.